The van der Waals surface area contributed by atoms with Crippen LogP contribution in [-0.4, -0.2) is 46.8 Å². The van der Waals surface area contributed by atoms with E-state index in [1.54, 1.807) is 35.4 Å². The fraction of sp³-hybridized carbons (Fsp3) is 0.320. The molecule has 2 heterocycles. The highest BCUT2D eigenvalue weighted by molar-refractivity contribution is 5.96. The first kappa shape index (κ1) is 23.4. The molecule has 1 fully saturated rings. The Morgan fingerprint density at radius 3 is 2.32 bits per heavy atom. The number of carbonyl (C=O) groups excluding carboxylic acids is 2. The molecule has 4 rings (SSSR count). The fourth-order valence-electron chi connectivity index (χ4n) is 3.99. The summed E-state index contributed by atoms with van der Waals surface area (Å²) in [5, 5.41) is 4.40. The van der Waals surface area contributed by atoms with E-state index in [0.29, 0.717) is 37.1 Å². The van der Waals surface area contributed by atoms with Gasteiger partial charge in [-0.2, -0.15) is 0 Å². The molecule has 9 heteroatoms. The predicted molar refractivity (Wildman–Crippen MR) is 119 cm³/mol. The van der Waals surface area contributed by atoms with Crippen molar-refractivity contribution in [2.45, 2.75) is 26.0 Å². The number of piperidine rings is 1. The van der Waals surface area contributed by atoms with Gasteiger partial charge in [-0.15, -0.1) is 5.10 Å². The molecule has 0 unspecified atom stereocenters. The van der Waals surface area contributed by atoms with Crippen LogP contribution >= 0.6 is 0 Å². The Bertz CT molecular complexity index is 1170. The lowest BCUT2D eigenvalue weighted by Gasteiger charge is -2.30. The number of hydrogen-bond acceptors (Lipinski definition) is 5. The van der Waals surface area contributed by atoms with E-state index in [-0.39, 0.29) is 54.0 Å². The van der Waals surface area contributed by atoms with Crippen LogP contribution in [0.25, 0.3) is 0 Å². The molecule has 3 aromatic rings. The first-order chi connectivity index (χ1) is 16.4. The number of benzene rings is 2. The molecule has 34 heavy (non-hydrogen) atoms. The van der Waals surface area contributed by atoms with Gasteiger partial charge in [-0.25, -0.2) is 8.78 Å². The van der Waals surface area contributed by atoms with Crippen molar-refractivity contribution >= 4 is 11.9 Å². The smallest absolute Gasteiger partial charge is 0.308 e. The monoisotopic (exact) mass is 469 g/mol. The van der Waals surface area contributed by atoms with Gasteiger partial charge in [0.25, 0.3) is 5.91 Å². The summed E-state index contributed by atoms with van der Waals surface area (Å²) in [4.78, 5) is 26.8. The molecule has 0 aliphatic carbocycles. The van der Waals surface area contributed by atoms with E-state index in [0.717, 1.165) is 0 Å². The van der Waals surface area contributed by atoms with E-state index in [9.17, 15) is 18.4 Å². The Morgan fingerprint density at radius 2 is 1.68 bits per heavy atom. The number of ether oxygens (including phenoxy) is 2. The Morgan fingerprint density at radius 1 is 1.03 bits per heavy atom. The topological polar surface area (TPSA) is 73.7 Å². The molecule has 1 aliphatic rings. The summed E-state index contributed by atoms with van der Waals surface area (Å²) in [5.41, 5.74) is 1.53. The molecule has 0 atom stereocenters. The molecular weight excluding hydrogens is 444 g/mol. The van der Waals surface area contributed by atoms with E-state index in [1.807, 2.05) is 0 Å². The number of rotatable bonds is 7. The van der Waals surface area contributed by atoms with Crippen LogP contribution in [0, 0.1) is 17.6 Å². The maximum atomic E-state index is 13.6. The second kappa shape index (κ2) is 10.5. The third-order valence-corrected chi connectivity index (χ3v) is 5.77. The van der Waals surface area contributed by atoms with Gasteiger partial charge in [0.05, 0.1) is 19.6 Å². The Balaban J connectivity index is 1.54. The van der Waals surface area contributed by atoms with Gasteiger partial charge < -0.3 is 14.4 Å². The van der Waals surface area contributed by atoms with Gasteiger partial charge in [0.1, 0.15) is 23.8 Å². The van der Waals surface area contributed by atoms with Crippen LogP contribution in [0.3, 0.4) is 0 Å². The summed E-state index contributed by atoms with van der Waals surface area (Å²) in [6, 6.07) is 12.1. The lowest BCUT2D eigenvalue weighted by Crippen LogP contribution is -2.40. The second-order valence-electron chi connectivity index (χ2n) is 8.18. The lowest BCUT2D eigenvalue weighted by molar-refractivity contribution is -0.146. The zero-order chi connectivity index (χ0) is 24.1. The maximum absolute atomic E-state index is 13.6. The van der Waals surface area contributed by atoms with Crippen LogP contribution in [0.5, 0.6) is 5.88 Å². The number of amides is 1. The molecule has 0 spiro atoms. The summed E-state index contributed by atoms with van der Waals surface area (Å²) in [7, 11) is 1.36. The number of likely N-dealkylation sites (tertiary alicyclic amines) is 1. The van der Waals surface area contributed by atoms with Crippen molar-refractivity contribution in [2.75, 3.05) is 20.2 Å². The molecule has 178 valence electrons. The highest BCUT2D eigenvalue weighted by atomic mass is 19.1. The number of halogens is 2. The largest absolute Gasteiger partial charge is 0.471 e. The Labute approximate surface area is 195 Å². The SMILES string of the molecule is COC(=O)C1CCN(C(=O)c2cn(Cc3cccc(F)c3)nc2OCc2cccc(F)c2)CC1. The minimum atomic E-state index is -0.387. The van der Waals surface area contributed by atoms with Crippen molar-refractivity contribution in [1.82, 2.24) is 14.7 Å². The number of carbonyl (C=O) groups is 2. The van der Waals surface area contributed by atoms with E-state index >= 15 is 0 Å². The van der Waals surface area contributed by atoms with Crippen LogP contribution in [0.1, 0.15) is 34.3 Å². The molecule has 0 N–H and O–H groups in total. The average Bonchev–Trinajstić information content (AvgIpc) is 3.24. The first-order valence-electron chi connectivity index (χ1n) is 11.0. The molecule has 2 aromatic carbocycles. The number of hydrogen-bond donors (Lipinski definition) is 0. The molecule has 1 aromatic heterocycles. The predicted octanol–water partition coefficient (Wildman–Crippen LogP) is 3.81. The number of nitrogens with zero attached hydrogens (tertiary/aromatic N) is 3. The average molecular weight is 469 g/mol. The quantitative estimate of drug-likeness (QED) is 0.492. The van der Waals surface area contributed by atoms with Crippen molar-refractivity contribution in [3.8, 4) is 5.88 Å². The highest BCUT2D eigenvalue weighted by Gasteiger charge is 2.30. The second-order valence-corrected chi connectivity index (χ2v) is 8.18. The van der Waals surface area contributed by atoms with Crippen LogP contribution in [0.15, 0.2) is 54.7 Å². The summed E-state index contributed by atoms with van der Waals surface area (Å²) in [6.07, 6.45) is 2.59. The maximum Gasteiger partial charge on any atom is 0.308 e. The highest BCUT2D eigenvalue weighted by Crippen LogP contribution is 2.25. The van der Waals surface area contributed by atoms with E-state index in [4.69, 9.17) is 9.47 Å². The Kier molecular flexibility index (Phi) is 7.20. The third-order valence-electron chi connectivity index (χ3n) is 5.77. The van der Waals surface area contributed by atoms with Crippen LogP contribution < -0.4 is 4.74 Å². The molecule has 0 saturated carbocycles. The van der Waals surface area contributed by atoms with Crippen LogP contribution in [0.4, 0.5) is 8.78 Å². The van der Waals surface area contributed by atoms with Crippen molar-refractivity contribution in [3.63, 3.8) is 0 Å². The molecule has 0 bridgehead atoms. The zero-order valence-corrected chi connectivity index (χ0v) is 18.7. The summed E-state index contributed by atoms with van der Waals surface area (Å²) in [5.74, 6) is -1.41. The van der Waals surface area contributed by atoms with Gasteiger partial charge in [0.2, 0.25) is 5.88 Å². The van der Waals surface area contributed by atoms with E-state index in [1.165, 1.54) is 36.1 Å². The van der Waals surface area contributed by atoms with Crippen LogP contribution in [-0.2, 0) is 22.7 Å². The number of methoxy groups -OCH3 is 1. The molecular formula is C25H25F2N3O4. The van der Waals surface area contributed by atoms with Crippen molar-refractivity contribution in [1.29, 1.82) is 0 Å². The van der Waals surface area contributed by atoms with E-state index in [2.05, 4.69) is 5.10 Å². The van der Waals surface area contributed by atoms with Crippen molar-refractivity contribution in [2.24, 2.45) is 5.92 Å². The Hall–Kier alpha value is -3.75. The summed E-state index contributed by atoms with van der Waals surface area (Å²) in [6.45, 7) is 1.07. The lowest BCUT2D eigenvalue weighted by atomic mass is 9.96. The third kappa shape index (κ3) is 5.59. The van der Waals surface area contributed by atoms with Gasteiger partial charge in [-0.3, -0.25) is 14.3 Å². The summed E-state index contributed by atoms with van der Waals surface area (Å²) >= 11 is 0. The minimum absolute atomic E-state index is 0.0272. The molecule has 1 aliphatic heterocycles. The zero-order valence-electron chi connectivity index (χ0n) is 18.7. The summed E-state index contributed by atoms with van der Waals surface area (Å²) < 4.78 is 39.3. The van der Waals surface area contributed by atoms with Crippen molar-refractivity contribution < 1.29 is 27.8 Å². The fourth-order valence-corrected chi connectivity index (χ4v) is 3.99. The number of esters is 1. The molecule has 1 saturated heterocycles. The molecule has 7 nitrogen and oxygen atoms in total. The molecule has 0 radical (unpaired) electrons. The van der Waals surface area contributed by atoms with Crippen LogP contribution in [0.2, 0.25) is 0 Å². The van der Waals surface area contributed by atoms with E-state index < -0.39 is 0 Å². The van der Waals surface area contributed by atoms with Gasteiger partial charge in [-0.05, 0) is 48.2 Å². The normalized spacial score (nSPS) is 14.1. The minimum Gasteiger partial charge on any atom is -0.471 e. The van der Waals surface area contributed by atoms with Gasteiger partial charge in [0.15, 0.2) is 0 Å². The molecule has 1 amide bonds. The van der Waals surface area contributed by atoms with Gasteiger partial charge >= 0.3 is 5.97 Å². The first-order valence-corrected chi connectivity index (χ1v) is 11.0. The van der Waals surface area contributed by atoms with Crippen molar-refractivity contribution in [3.05, 3.63) is 83.1 Å². The standard InChI is InChI=1S/C25H25F2N3O4/c1-33-25(32)19-8-10-29(11-9-19)24(31)22-15-30(14-17-4-2-6-20(26)12-17)28-23(22)34-16-18-5-3-7-21(27)13-18/h2-7,12-13,15,19H,8-11,14,16H2,1H3. The van der Waals surface area contributed by atoms with Gasteiger partial charge in [0, 0.05) is 19.3 Å². The number of aromatic nitrogens is 2. The van der Waals surface area contributed by atoms with Gasteiger partial charge in [-0.1, -0.05) is 24.3 Å².